The van der Waals surface area contributed by atoms with Gasteiger partial charge in [0.15, 0.2) is 0 Å². The Hall–Kier alpha value is -3.69. The van der Waals surface area contributed by atoms with E-state index in [0.29, 0.717) is 6.42 Å². The van der Waals surface area contributed by atoms with Crippen molar-refractivity contribution in [3.05, 3.63) is 48.0 Å². The van der Waals surface area contributed by atoms with Crippen LogP contribution in [0.5, 0.6) is 0 Å². The van der Waals surface area contributed by atoms with Crippen LogP contribution in [0.4, 0.5) is 0 Å². The number of hydrogen-bond acceptors (Lipinski definition) is 5. The smallest absolute Gasteiger partial charge is 0.303 e. The molecule has 1 aliphatic rings. The zero-order valence-corrected chi connectivity index (χ0v) is 20.2. The Labute approximate surface area is 204 Å². The van der Waals surface area contributed by atoms with Crippen LogP contribution in [-0.4, -0.2) is 58.9 Å². The van der Waals surface area contributed by atoms with Crippen LogP contribution < -0.4 is 21.3 Å². The van der Waals surface area contributed by atoms with E-state index in [1.165, 1.54) is 13.8 Å². The highest BCUT2D eigenvalue weighted by atomic mass is 16.4. The molecule has 35 heavy (non-hydrogen) atoms. The average Bonchev–Trinajstić information content (AvgIpc) is 2.81. The van der Waals surface area contributed by atoms with Crippen molar-refractivity contribution in [1.82, 2.24) is 21.3 Å². The van der Waals surface area contributed by atoms with Gasteiger partial charge in [0.05, 0.1) is 5.92 Å². The molecule has 2 rings (SSSR count). The van der Waals surface area contributed by atoms with E-state index in [1.807, 2.05) is 30.3 Å². The molecule has 0 saturated carbocycles. The van der Waals surface area contributed by atoms with Gasteiger partial charge in [0.25, 0.3) is 0 Å². The van der Waals surface area contributed by atoms with E-state index in [0.717, 1.165) is 5.56 Å². The Morgan fingerprint density at radius 2 is 1.43 bits per heavy atom. The lowest BCUT2D eigenvalue weighted by Gasteiger charge is -2.27. The van der Waals surface area contributed by atoms with Gasteiger partial charge in [-0.3, -0.25) is 24.0 Å². The van der Waals surface area contributed by atoms with Crippen LogP contribution in [0.25, 0.3) is 0 Å². The van der Waals surface area contributed by atoms with Crippen molar-refractivity contribution in [2.75, 3.05) is 0 Å². The maximum atomic E-state index is 13.3. The second-order valence-corrected chi connectivity index (χ2v) is 8.75. The quantitative estimate of drug-likeness (QED) is 0.357. The Balaban J connectivity index is 2.32. The summed E-state index contributed by atoms with van der Waals surface area (Å²) in [5, 5.41) is 19.6. The number of aliphatic carboxylic acids is 1. The van der Waals surface area contributed by atoms with Gasteiger partial charge in [-0.25, -0.2) is 0 Å². The summed E-state index contributed by atoms with van der Waals surface area (Å²) in [5.74, 6) is -3.55. The number of carboxylic acid groups (broad SMARTS) is 1. The summed E-state index contributed by atoms with van der Waals surface area (Å²) in [6.45, 7) is 4.66. The second kappa shape index (κ2) is 13.3. The van der Waals surface area contributed by atoms with Crippen LogP contribution in [0.1, 0.15) is 45.6 Å². The van der Waals surface area contributed by atoms with E-state index in [1.54, 1.807) is 19.1 Å². The number of carboxylic acids is 1. The highest BCUT2D eigenvalue weighted by molar-refractivity contribution is 5.95. The molecular formula is C25H34N4O6. The standard InChI is InChI=1S/C25H34N4O6/c1-15-19(12-8-5-9-13-21(30)31)28-25(35)20(14-18-10-6-4-7-11-18)29-24(34)17(3)27-23(33)16(2)26-22(15)32/h4-8,10-11,15-17,19-20H,9,12-14H2,1-3H3,(H,26,32)(H,27,33)(H,28,35)(H,29,34)(H,30,31)/b8-5-/t15-,16+,17+,19+,20+/m0/s1. The molecule has 0 bridgehead atoms. The fraction of sp³-hybridized carbons (Fsp3) is 0.480. The number of carbonyl (C=O) groups is 5. The molecule has 1 fully saturated rings. The van der Waals surface area contributed by atoms with Crippen LogP contribution in [-0.2, 0) is 30.4 Å². The van der Waals surface area contributed by atoms with Gasteiger partial charge in [-0.15, -0.1) is 0 Å². The molecule has 0 unspecified atom stereocenters. The summed E-state index contributed by atoms with van der Waals surface area (Å²) in [7, 11) is 0. The van der Waals surface area contributed by atoms with Crippen molar-refractivity contribution in [3.8, 4) is 0 Å². The molecule has 1 heterocycles. The summed E-state index contributed by atoms with van der Waals surface area (Å²) in [5.41, 5.74) is 0.832. The topological polar surface area (TPSA) is 154 Å². The van der Waals surface area contributed by atoms with Crippen LogP contribution in [0.3, 0.4) is 0 Å². The molecule has 4 amide bonds. The van der Waals surface area contributed by atoms with Gasteiger partial charge in [0.1, 0.15) is 18.1 Å². The van der Waals surface area contributed by atoms with Crippen LogP contribution in [0.2, 0.25) is 0 Å². The molecule has 1 aromatic rings. The maximum absolute atomic E-state index is 13.3. The number of benzene rings is 1. The third-order valence-corrected chi connectivity index (χ3v) is 5.85. The van der Waals surface area contributed by atoms with Crippen molar-refractivity contribution in [2.24, 2.45) is 5.92 Å². The van der Waals surface area contributed by atoms with Crippen molar-refractivity contribution in [2.45, 2.75) is 70.6 Å². The molecule has 0 radical (unpaired) electrons. The monoisotopic (exact) mass is 486 g/mol. The molecule has 0 spiro atoms. The average molecular weight is 487 g/mol. The summed E-state index contributed by atoms with van der Waals surface area (Å²) >= 11 is 0. The van der Waals surface area contributed by atoms with Crippen LogP contribution in [0, 0.1) is 5.92 Å². The minimum absolute atomic E-state index is 0.0282. The first kappa shape index (κ1) is 27.6. The van der Waals surface area contributed by atoms with Crippen LogP contribution >= 0.6 is 0 Å². The highest BCUT2D eigenvalue weighted by Crippen LogP contribution is 2.12. The minimum Gasteiger partial charge on any atom is -0.481 e. The first-order chi connectivity index (χ1) is 16.6. The fourth-order valence-corrected chi connectivity index (χ4v) is 3.59. The SMILES string of the molecule is C[C@@H]1C(=O)N[C@H](C)C(=O)N[C@H](C)C(=O)N[C@H](Cc2ccccc2)C(=O)N[C@@H]1C/C=C\CCC(=O)O. The molecule has 10 nitrogen and oxygen atoms in total. The number of hydrogen-bond donors (Lipinski definition) is 5. The third-order valence-electron chi connectivity index (χ3n) is 5.85. The highest BCUT2D eigenvalue weighted by Gasteiger charge is 2.32. The number of rotatable bonds is 7. The fourth-order valence-electron chi connectivity index (χ4n) is 3.59. The number of allylic oxidation sites excluding steroid dienone is 1. The Morgan fingerprint density at radius 1 is 0.829 bits per heavy atom. The maximum Gasteiger partial charge on any atom is 0.303 e. The van der Waals surface area contributed by atoms with E-state index in [9.17, 15) is 24.0 Å². The Bertz CT molecular complexity index is 949. The first-order valence-corrected chi connectivity index (χ1v) is 11.7. The predicted molar refractivity (Wildman–Crippen MR) is 129 cm³/mol. The summed E-state index contributed by atoms with van der Waals surface area (Å²) in [6.07, 6.45) is 4.18. The van der Waals surface area contributed by atoms with Crippen molar-refractivity contribution < 1.29 is 29.1 Å². The molecule has 5 N–H and O–H groups in total. The lowest BCUT2D eigenvalue weighted by Crippen LogP contribution is -2.55. The third kappa shape index (κ3) is 8.88. The first-order valence-electron chi connectivity index (χ1n) is 11.7. The molecule has 1 saturated heterocycles. The van der Waals surface area contributed by atoms with Gasteiger partial charge < -0.3 is 26.4 Å². The van der Waals surface area contributed by atoms with E-state index < -0.39 is 59.7 Å². The minimum atomic E-state index is -0.934. The second-order valence-electron chi connectivity index (χ2n) is 8.75. The van der Waals surface area contributed by atoms with Gasteiger partial charge >= 0.3 is 5.97 Å². The molecule has 190 valence electrons. The van der Waals surface area contributed by atoms with E-state index in [2.05, 4.69) is 21.3 Å². The zero-order chi connectivity index (χ0) is 26.0. The molecule has 5 atom stereocenters. The van der Waals surface area contributed by atoms with Gasteiger partial charge in [-0.2, -0.15) is 0 Å². The van der Waals surface area contributed by atoms with Crippen molar-refractivity contribution in [3.63, 3.8) is 0 Å². The molecule has 0 aromatic heterocycles. The summed E-state index contributed by atoms with van der Waals surface area (Å²) < 4.78 is 0. The normalized spacial score (nSPS) is 26.4. The molecule has 1 aliphatic heterocycles. The zero-order valence-electron chi connectivity index (χ0n) is 20.2. The number of carbonyl (C=O) groups excluding carboxylic acids is 4. The van der Waals surface area contributed by atoms with Gasteiger partial charge in [-0.1, -0.05) is 49.4 Å². The Morgan fingerprint density at radius 3 is 2.06 bits per heavy atom. The van der Waals surface area contributed by atoms with E-state index in [-0.39, 0.29) is 19.3 Å². The van der Waals surface area contributed by atoms with Crippen LogP contribution in [0.15, 0.2) is 42.5 Å². The van der Waals surface area contributed by atoms with Gasteiger partial charge in [0, 0.05) is 18.9 Å². The lowest BCUT2D eigenvalue weighted by molar-refractivity contribution is -0.137. The lowest BCUT2D eigenvalue weighted by atomic mass is 9.96. The summed E-state index contributed by atoms with van der Waals surface area (Å²) in [4.78, 5) is 62.1. The van der Waals surface area contributed by atoms with E-state index in [4.69, 9.17) is 5.11 Å². The van der Waals surface area contributed by atoms with Gasteiger partial charge in [0.2, 0.25) is 23.6 Å². The molecule has 0 aliphatic carbocycles. The number of nitrogens with one attached hydrogen (secondary N) is 4. The molecule has 1 aromatic carbocycles. The van der Waals surface area contributed by atoms with Gasteiger partial charge in [-0.05, 0) is 32.3 Å². The number of amides is 4. The Kier molecular flexibility index (Phi) is 10.4. The predicted octanol–water partition coefficient (Wildman–Crippen LogP) is 0.669. The molecule has 10 heteroatoms. The van der Waals surface area contributed by atoms with Crippen molar-refractivity contribution >= 4 is 29.6 Å². The van der Waals surface area contributed by atoms with Crippen molar-refractivity contribution in [1.29, 1.82) is 0 Å². The van der Waals surface area contributed by atoms with E-state index >= 15 is 0 Å². The molecular weight excluding hydrogens is 452 g/mol. The summed E-state index contributed by atoms with van der Waals surface area (Å²) in [6, 6.07) is 5.80. The largest absolute Gasteiger partial charge is 0.481 e.